The van der Waals surface area contributed by atoms with Crippen molar-refractivity contribution in [3.63, 3.8) is 0 Å². The number of carbonyl (C=O) groups is 1. The zero-order chi connectivity index (χ0) is 23.1. The van der Waals surface area contributed by atoms with Gasteiger partial charge in [-0.05, 0) is 32.1 Å². The molecule has 31 heavy (non-hydrogen) atoms. The van der Waals surface area contributed by atoms with Crippen molar-refractivity contribution < 1.29 is 37.9 Å². The molecule has 2 rings (SSSR count). The summed E-state index contributed by atoms with van der Waals surface area (Å²) >= 11 is 0. The minimum absolute atomic E-state index is 0.0847. The fourth-order valence-electron chi connectivity index (χ4n) is 3.32. The van der Waals surface area contributed by atoms with Gasteiger partial charge >= 0.3 is 15.2 Å². The van der Waals surface area contributed by atoms with Crippen LogP contribution in [0.5, 0.6) is 0 Å². The molecule has 0 spiro atoms. The summed E-state index contributed by atoms with van der Waals surface area (Å²) in [5.41, 5.74) is 0.794. The monoisotopic (exact) mass is 482 g/mol. The van der Waals surface area contributed by atoms with Crippen LogP contribution in [-0.4, -0.2) is 85.9 Å². The van der Waals surface area contributed by atoms with Gasteiger partial charge in [-0.25, -0.2) is 0 Å². The maximum absolute atomic E-state index is 12.5. The number of unbranched alkanes of at least 4 members (excludes halogenated alkanes) is 1. The van der Waals surface area contributed by atoms with Crippen LogP contribution in [0.15, 0.2) is 6.20 Å². The molecule has 1 aromatic rings. The highest BCUT2D eigenvalue weighted by molar-refractivity contribution is 7.52. The van der Waals surface area contributed by atoms with Gasteiger partial charge in [0.1, 0.15) is 0 Å². The molecule has 0 aromatic carbocycles. The lowest BCUT2D eigenvalue weighted by atomic mass is 10.2. The molecule has 178 valence electrons. The van der Waals surface area contributed by atoms with Crippen molar-refractivity contribution in [1.29, 1.82) is 0 Å². The Kier molecular flexibility index (Phi) is 9.82. The quantitative estimate of drug-likeness (QED) is 0.273. The molecule has 0 bridgehead atoms. The number of likely N-dealkylation sites (tertiary alicyclic amines) is 1. The average molecular weight is 482 g/mol. The number of aliphatic hydroxyl groups excluding tert-OH is 1. The maximum Gasteiger partial charge on any atom is 0.325 e. The number of rotatable bonds is 13. The molecule has 0 aliphatic carbocycles. The number of aromatic nitrogens is 3. The first kappa shape index (κ1) is 26.1. The number of hydrogen-bond acceptors (Lipinski definition) is 8. The Balaban J connectivity index is 1.69. The van der Waals surface area contributed by atoms with Crippen molar-refractivity contribution in [2.45, 2.75) is 57.2 Å². The predicted octanol–water partition coefficient (Wildman–Crippen LogP) is 1.01. The Labute approximate surface area is 181 Å². The lowest BCUT2D eigenvalue weighted by Crippen LogP contribution is -2.38. The number of aryl methyl sites for hydroxylation is 2. The van der Waals surface area contributed by atoms with Crippen LogP contribution in [0.4, 0.5) is 0 Å². The van der Waals surface area contributed by atoms with E-state index in [0.29, 0.717) is 32.2 Å². The number of aliphatic hydroxyl groups is 1. The second-order valence-corrected chi connectivity index (χ2v) is 11.6. The third-order valence-corrected chi connectivity index (χ3v) is 6.03. The molecule has 1 amide bonds. The summed E-state index contributed by atoms with van der Waals surface area (Å²) in [5.74, 6) is -0.147. The van der Waals surface area contributed by atoms with Crippen LogP contribution in [0.2, 0.25) is 0 Å². The van der Waals surface area contributed by atoms with Crippen LogP contribution in [0.1, 0.15) is 37.8 Å². The highest BCUT2D eigenvalue weighted by Crippen LogP contribution is 2.38. The van der Waals surface area contributed by atoms with E-state index in [4.69, 9.17) is 13.9 Å². The Morgan fingerprint density at radius 3 is 2.58 bits per heavy atom. The predicted molar refractivity (Wildman–Crippen MR) is 112 cm³/mol. The molecule has 1 aliphatic rings. The van der Waals surface area contributed by atoms with E-state index < -0.39 is 27.3 Å². The largest absolute Gasteiger partial charge is 0.391 e. The van der Waals surface area contributed by atoms with Gasteiger partial charge in [0, 0.05) is 39.0 Å². The normalized spacial score (nSPS) is 22.9. The lowest BCUT2D eigenvalue weighted by Gasteiger charge is -2.24. The van der Waals surface area contributed by atoms with Crippen molar-refractivity contribution in [2.75, 3.05) is 33.1 Å². The summed E-state index contributed by atoms with van der Waals surface area (Å²) in [4.78, 5) is 32.4. The van der Waals surface area contributed by atoms with Gasteiger partial charge in [-0.2, -0.15) is 0 Å². The van der Waals surface area contributed by atoms with Gasteiger partial charge in [0.25, 0.3) is 0 Å². The number of nitrogens with zero attached hydrogens (tertiary/aromatic N) is 4. The third-order valence-electron chi connectivity index (χ3n) is 4.74. The van der Waals surface area contributed by atoms with Gasteiger partial charge in [-0.3, -0.25) is 18.6 Å². The zero-order valence-electron chi connectivity index (χ0n) is 17.9. The minimum atomic E-state index is -3.64. The number of carbonyl (C=O) groups excluding carboxylic acids is 1. The van der Waals surface area contributed by atoms with E-state index in [1.54, 1.807) is 10.9 Å². The SMILES string of the molecule is CP(=O)(O)OCCCCc1cn(CCCC(=O)N2CC(O)CC2COP(C)(=O)O)nn1. The Hall–Kier alpha value is -1.13. The molecule has 3 N–H and O–H groups in total. The smallest absolute Gasteiger partial charge is 0.325 e. The molecule has 14 heteroatoms. The molecule has 1 fully saturated rings. The summed E-state index contributed by atoms with van der Waals surface area (Å²) in [7, 11) is -7.07. The molecule has 1 aromatic heterocycles. The van der Waals surface area contributed by atoms with Gasteiger partial charge in [-0.15, -0.1) is 5.10 Å². The first-order valence-corrected chi connectivity index (χ1v) is 14.2. The van der Waals surface area contributed by atoms with Crippen molar-refractivity contribution in [3.05, 3.63) is 11.9 Å². The minimum Gasteiger partial charge on any atom is -0.391 e. The third kappa shape index (κ3) is 10.4. The number of amides is 1. The summed E-state index contributed by atoms with van der Waals surface area (Å²) in [6.45, 7) is 3.06. The van der Waals surface area contributed by atoms with Gasteiger partial charge in [0.05, 0.1) is 31.1 Å². The van der Waals surface area contributed by atoms with E-state index in [9.17, 15) is 23.9 Å². The topological polar surface area (TPSA) is 164 Å². The standard InChI is InChI=1S/C17H32N4O8P2/c1-30(24,25)28-9-4-3-6-14-11-20(19-18-14)8-5-7-17(23)21-12-16(22)10-15(21)13-29-31(2,26)27/h11,15-16,22H,3-10,12-13H2,1-2H3,(H,24,25)(H,26,27). The van der Waals surface area contributed by atoms with Crippen LogP contribution >= 0.6 is 15.2 Å². The Bertz CT molecular complexity index is 808. The van der Waals surface area contributed by atoms with Crippen LogP contribution < -0.4 is 0 Å². The van der Waals surface area contributed by atoms with Gasteiger partial charge in [0.2, 0.25) is 5.91 Å². The number of β-amino-alcohol motifs (C(OH)–C–C–N with tert-alkyl or cyclic N) is 1. The summed E-state index contributed by atoms with van der Waals surface area (Å²) in [6.07, 6.45) is 4.28. The summed E-state index contributed by atoms with van der Waals surface area (Å²) in [5, 5.41) is 18.0. The molecule has 4 unspecified atom stereocenters. The summed E-state index contributed by atoms with van der Waals surface area (Å²) < 4.78 is 33.8. The molecular formula is C17H32N4O8P2. The van der Waals surface area contributed by atoms with Crippen molar-refractivity contribution in [2.24, 2.45) is 0 Å². The van der Waals surface area contributed by atoms with E-state index in [0.717, 1.165) is 25.4 Å². The zero-order valence-corrected chi connectivity index (χ0v) is 19.7. The molecule has 2 heterocycles. The Morgan fingerprint density at radius 1 is 1.19 bits per heavy atom. The molecular weight excluding hydrogens is 450 g/mol. The molecule has 1 saturated heterocycles. The fraction of sp³-hybridized carbons (Fsp3) is 0.824. The molecule has 1 aliphatic heterocycles. The number of hydrogen-bond donors (Lipinski definition) is 3. The molecule has 0 radical (unpaired) electrons. The average Bonchev–Trinajstić information content (AvgIpc) is 3.24. The van der Waals surface area contributed by atoms with Crippen LogP contribution in [-0.2, 0) is 35.9 Å². The Morgan fingerprint density at radius 2 is 1.90 bits per heavy atom. The van der Waals surface area contributed by atoms with Crippen LogP contribution in [0, 0.1) is 0 Å². The lowest BCUT2D eigenvalue weighted by molar-refractivity contribution is -0.133. The first-order chi connectivity index (χ1) is 14.4. The van der Waals surface area contributed by atoms with E-state index in [1.165, 1.54) is 4.90 Å². The summed E-state index contributed by atoms with van der Waals surface area (Å²) in [6, 6.07) is -0.419. The van der Waals surface area contributed by atoms with Crippen molar-refractivity contribution in [3.8, 4) is 0 Å². The van der Waals surface area contributed by atoms with Crippen molar-refractivity contribution in [1.82, 2.24) is 19.9 Å². The van der Waals surface area contributed by atoms with E-state index in [2.05, 4.69) is 10.3 Å². The highest BCUT2D eigenvalue weighted by Gasteiger charge is 2.35. The van der Waals surface area contributed by atoms with Gasteiger partial charge in [-0.1, -0.05) is 5.21 Å². The molecule has 4 atom stereocenters. The highest BCUT2D eigenvalue weighted by atomic mass is 31.2. The van der Waals surface area contributed by atoms with Gasteiger partial charge in [0.15, 0.2) is 0 Å². The van der Waals surface area contributed by atoms with E-state index in [1.807, 2.05) is 0 Å². The second kappa shape index (κ2) is 11.7. The van der Waals surface area contributed by atoms with Crippen LogP contribution in [0.25, 0.3) is 0 Å². The van der Waals surface area contributed by atoms with Crippen molar-refractivity contribution >= 4 is 21.1 Å². The van der Waals surface area contributed by atoms with Gasteiger partial charge < -0.3 is 28.8 Å². The van der Waals surface area contributed by atoms with E-state index in [-0.39, 0.29) is 32.1 Å². The van der Waals surface area contributed by atoms with E-state index >= 15 is 0 Å². The first-order valence-electron chi connectivity index (χ1n) is 10.2. The fourth-order valence-corrected chi connectivity index (χ4v) is 4.24. The van der Waals surface area contributed by atoms with Crippen LogP contribution in [0.3, 0.4) is 0 Å². The second-order valence-electron chi connectivity index (χ2n) is 7.86. The molecule has 0 saturated carbocycles. The molecule has 12 nitrogen and oxygen atoms in total. The maximum atomic E-state index is 12.5.